The molecule has 0 fully saturated rings. The van der Waals surface area contributed by atoms with Crippen molar-refractivity contribution in [3.05, 3.63) is 58.1 Å². The van der Waals surface area contributed by atoms with E-state index in [0.717, 1.165) is 21.3 Å². The van der Waals surface area contributed by atoms with Crippen molar-refractivity contribution in [3.63, 3.8) is 0 Å². The monoisotopic (exact) mass is 403 g/mol. The van der Waals surface area contributed by atoms with Gasteiger partial charge in [-0.1, -0.05) is 23.8 Å². The Morgan fingerprint density at radius 2 is 1.48 bits per heavy atom. The number of nitrogens with zero attached hydrogens (tertiary/aromatic N) is 1. The molecule has 0 saturated heterocycles. The zero-order chi connectivity index (χ0) is 18.4. The summed E-state index contributed by atoms with van der Waals surface area (Å²) in [7, 11) is 1.73. The van der Waals surface area contributed by atoms with Crippen molar-refractivity contribution in [1.82, 2.24) is 4.90 Å². The average Bonchev–Trinajstić information content (AvgIpc) is 2.52. The van der Waals surface area contributed by atoms with Crippen molar-refractivity contribution in [2.24, 2.45) is 0 Å². The number of halogens is 1. The Morgan fingerprint density at radius 1 is 0.920 bits per heavy atom. The Kier molecular flexibility index (Phi) is 6.73. The van der Waals surface area contributed by atoms with Crippen LogP contribution in [0.15, 0.2) is 46.9 Å². The first kappa shape index (κ1) is 19.1. The Morgan fingerprint density at radius 3 is 2.08 bits per heavy atom. The molecule has 5 nitrogen and oxygen atoms in total. The molecule has 0 bridgehead atoms. The molecule has 0 saturated carbocycles. The van der Waals surface area contributed by atoms with Crippen molar-refractivity contribution >= 4 is 39.1 Å². The maximum Gasteiger partial charge on any atom is 0.238 e. The number of hydrogen-bond acceptors (Lipinski definition) is 3. The first-order valence-corrected chi connectivity index (χ1v) is 8.74. The Bertz CT molecular complexity index is 760. The normalized spacial score (nSPS) is 10.6. The molecule has 0 heterocycles. The number of anilines is 2. The number of likely N-dealkylation sites (N-methyl/N-ethyl adjacent to an activating group) is 1. The van der Waals surface area contributed by atoms with Gasteiger partial charge in [-0.25, -0.2) is 0 Å². The number of rotatable bonds is 6. The van der Waals surface area contributed by atoms with E-state index in [2.05, 4.69) is 26.6 Å². The molecular weight excluding hydrogens is 382 g/mol. The first-order chi connectivity index (χ1) is 11.8. The van der Waals surface area contributed by atoms with Gasteiger partial charge in [0.1, 0.15) is 0 Å². The highest BCUT2D eigenvalue weighted by Crippen LogP contribution is 2.23. The van der Waals surface area contributed by atoms with E-state index in [1.165, 1.54) is 0 Å². The van der Waals surface area contributed by atoms with Crippen LogP contribution in [-0.4, -0.2) is 36.9 Å². The van der Waals surface area contributed by atoms with Gasteiger partial charge >= 0.3 is 0 Å². The van der Waals surface area contributed by atoms with Crippen LogP contribution in [0.3, 0.4) is 0 Å². The van der Waals surface area contributed by atoms with Crippen molar-refractivity contribution < 1.29 is 9.59 Å². The smallest absolute Gasteiger partial charge is 0.238 e. The maximum absolute atomic E-state index is 12.1. The third-order valence-electron chi connectivity index (χ3n) is 3.56. The second-order valence-electron chi connectivity index (χ2n) is 6.12. The van der Waals surface area contributed by atoms with Crippen LogP contribution in [0.2, 0.25) is 0 Å². The van der Waals surface area contributed by atoms with E-state index in [0.29, 0.717) is 5.69 Å². The standard InChI is InChI=1S/C19H22BrN3O2/c1-13-4-7-15(8-5-13)21-18(24)11-23(3)12-19(25)22-17-9-6-14(2)10-16(17)20/h4-10H,11-12H2,1-3H3,(H,21,24)(H,22,25). The van der Waals surface area contributed by atoms with Gasteiger partial charge in [-0.2, -0.15) is 0 Å². The fourth-order valence-electron chi connectivity index (χ4n) is 2.29. The lowest BCUT2D eigenvalue weighted by molar-refractivity contribution is -0.119. The van der Waals surface area contributed by atoms with Crippen LogP contribution in [0.1, 0.15) is 11.1 Å². The van der Waals surface area contributed by atoms with Crippen molar-refractivity contribution in [2.75, 3.05) is 30.8 Å². The molecular formula is C19H22BrN3O2. The van der Waals surface area contributed by atoms with Gasteiger partial charge < -0.3 is 10.6 Å². The van der Waals surface area contributed by atoms with Crippen LogP contribution in [0.5, 0.6) is 0 Å². The minimum atomic E-state index is -0.171. The number of aryl methyl sites for hydroxylation is 2. The molecule has 0 aliphatic heterocycles. The van der Waals surface area contributed by atoms with Gasteiger partial charge in [-0.15, -0.1) is 0 Å². The summed E-state index contributed by atoms with van der Waals surface area (Å²) in [6, 6.07) is 13.3. The molecule has 0 aliphatic rings. The number of carbonyl (C=O) groups excluding carboxylic acids is 2. The summed E-state index contributed by atoms with van der Waals surface area (Å²) in [4.78, 5) is 25.8. The highest BCUT2D eigenvalue weighted by Gasteiger charge is 2.12. The third-order valence-corrected chi connectivity index (χ3v) is 4.22. The summed E-state index contributed by atoms with van der Waals surface area (Å²) in [6.07, 6.45) is 0. The molecule has 2 amide bonds. The second-order valence-corrected chi connectivity index (χ2v) is 6.97. The van der Waals surface area contributed by atoms with E-state index < -0.39 is 0 Å². The molecule has 0 aliphatic carbocycles. The van der Waals surface area contributed by atoms with E-state index in [1.807, 2.05) is 56.3 Å². The molecule has 25 heavy (non-hydrogen) atoms. The predicted octanol–water partition coefficient (Wildman–Crippen LogP) is 3.57. The van der Waals surface area contributed by atoms with Crippen molar-refractivity contribution in [2.45, 2.75) is 13.8 Å². The van der Waals surface area contributed by atoms with E-state index in [1.54, 1.807) is 11.9 Å². The topological polar surface area (TPSA) is 61.4 Å². The molecule has 132 valence electrons. The van der Waals surface area contributed by atoms with E-state index in [-0.39, 0.29) is 24.9 Å². The molecule has 2 N–H and O–H groups in total. The molecule has 2 aromatic rings. The van der Waals surface area contributed by atoms with Crippen molar-refractivity contribution in [3.8, 4) is 0 Å². The Labute approximate surface area is 156 Å². The average molecular weight is 404 g/mol. The minimum Gasteiger partial charge on any atom is -0.325 e. The fraction of sp³-hybridized carbons (Fsp3) is 0.263. The van der Waals surface area contributed by atoms with Crippen LogP contribution >= 0.6 is 15.9 Å². The summed E-state index contributed by atoms with van der Waals surface area (Å²) < 4.78 is 0.834. The minimum absolute atomic E-state index is 0.127. The van der Waals surface area contributed by atoms with Gasteiger partial charge in [0.15, 0.2) is 0 Å². The highest BCUT2D eigenvalue weighted by molar-refractivity contribution is 9.10. The number of benzene rings is 2. The second kappa shape index (κ2) is 8.78. The zero-order valence-electron chi connectivity index (χ0n) is 14.6. The van der Waals surface area contributed by atoms with Gasteiger partial charge in [0.05, 0.1) is 18.8 Å². The Balaban J connectivity index is 1.82. The predicted molar refractivity (Wildman–Crippen MR) is 105 cm³/mol. The number of amides is 2. The van der Waals surface area contributed by atoms with Crippen molar-refractivity contribution in [1.29, 1.82) is 0 Å². The summed E-state index contributed by atoms with van der Waals surface area (Å²) in [5.41, 5.74) is 3.70. The third kappa shape index (κ3) is 6.32. The van der Waals surface area contributed by atoms with Crippen LogP contribution < -0.4 is 10.6 Å². The van der Waals surface area contributed by atoms with Crippen LogP contribution in [0, 0.1) is 13.8 Å². The SMILES string of the molecule is Cc1ccc(NC(=O)CN(C)CC(=O)Nc2ccc(C)cc2Br)cc1. The lowest BCUT2D eigenvalue weighted by Gasteiger charge is -2.16. The lowest BCUT2D eigenvalue weighted by Crippen LogP contribution is -2.36. The van der Waals surface area contributed by atoms with Gasteiger partial charge in [0.25, 0.3) is 0 Å². The van der Waals surface area contributed by atoms with Crippen LogP contribution in [0.4, 0.5) is 11.4 Å². The maximum atomic E-state index is 12.1. The molecule has 2 rings (SSSR count). The summed E-state index contributed by atoms with van der Waals surface area (Å²) in [5.74, 6) is -0.328. The lowest BCUT2D eigenvalue weighted by atomic mass is 10.2. The van der Waals surface area contributed by atoms with Gasteiger partial charge in [-0.3, -0.25) is 14.5 Å². The van der Waals surface area contributed by atoms with Gasteiger partial charge in [0, 0.05) is 10.2 Å². The summed E-state index contributed by atoms with van der Waals surface area (Å²) >= 11 is 3.43. The molecule has 0 unspecified atom stereocenters. The molecule has 2 aromatic carbocycles. The zero-order valence-corrected chi connectivity index (χ0v) is 16.2. The number of nitrogens with one attached hydrogen (secondary N) is 2. The van der Waals surface area contributed by atoms with Crippen LogP contribution in [0.25, 0.3) is 0 Å². The van der Waals surface area contributed by atoms with Gasteiger partial charge in [-0.05, 0) is 66.7 Å². The quantitative estimate of drug-likeness (QED) is 0.774. The molecule has 6 heteroatoms. The molecule has 0 spiro atoms. The molecule has 0 atom stereocenters. The fourth-order valence-corrected chi connectivity index (χ4v) is 2.89. The first-order valence-electron chi connectivity index (χ1n) is 7.94. The Hall–Kier alpha value is -2.18. The summed E-state index contributed by atoms with van der Waals surface area (Å²) in [6.45, 7) is 4.24. The number of hydrogen-bond donors (Lipinski definition) is 2. The van der Waals surface area contributed by atoms with E-state index >= 15 is 0 Å². The summed E-state index contributed by atoms with van der Waals surface area (Å²) in [5, 5.41) is 5.66. The van der Waals surface area contributed by atoms with E-state index in [4.69, 9.17) is 0 Å². The van der Waals surface area contributed by atoms with Crippen LogP contribution in [-0.2, 0) is 9.59 Å². The van der Waals surface area contributed by atoms with E-state index in [9.17, 15) is 9.59 Å². The molecule has 0 radical (unpaired) electrons. The molecule has 0 aromatic heterocycles. The highest BCUT2D eigenvalue weighted by atomic mass is 79.9. The largest absolute Gasteiger partial charge is 0.325 e. The number of carbonyl (C=O) groups is 2. The van der Waals surface area contributed by atoms with Gasteiger partial charge in [0.2, 0.25) is 11.8 Å².